The highest BCUT2D eigenvalue weighted by molar-refractivity contribution is 6.36. The lowest BCUT2D eigenvalue weighted by atomic mass is 10.1. The average molecular weight is 202 g/mol. The number of hydrogen-bond donors (Lipinski definition) is 1. The van der Waals surface area contributed by atoms with E-state index >= 15 is 0 Å². The maximum atomic E-state index is 8.75. The number of nitrogens with zero attached hydrogens (tertiary/aromatic N) is 1. The molecule has 1 aromatic carbocycles. The molecule has 0 saturated carbocycles. The molecule has 12 heavy (non-hydrogen) atoms. The minimum absolute atomic E-state index is 0.134. The van der Waals surface area contributed by atoms with E-state index in [0.29, 0.717) is 5.56 Å². The predicted octanol–water partition coefficient (Wildman–Crippen LogP) is 2.36. The Balaban J connectivity index is 3.30. The van der Waals surface area contributed by atoms with Gasteiger partial charge in [0.1, 0.15) is 6.07 Å². The molecule has 0 bridgehead atoms. The van der Waals surface area contributed by atoms with Gasteiger partial charge in [0.05, 0.1) is 22.2 Å². The highest BCUT2D eigenvalue weighted by Gasteiger charge is 2.06. The van der Waals surface area contributed by atoms with E-state index in [2.05, 4.69) is 0 Å². The molecule has 0 aliphatic rings. The van der Waals surface area contributed by atoms with Crippen LogP contribution >= 0.6 is 23.2 Å². The number of nitriles is 1. The summed E-state index contributed by atoms with van der Waals surface area (Å²) in [7, 11) is 0. The van der Waals surface area contributed by atoms with E-state index in [1.807, 2.05) is 6.07 Å². The third kappa shape index (κ3) is 1.70. The van der Waals surface area contributed by atoms with Crippen LogP contribution in [0.25, 0.3) is 0 Å². The summed E-state index contributed by atoms with van der Waals surface area (Å²) >= 11 is 11.4. The molecule has 4 heteroatoms. The molecule has 0 amide bonds. The van der Waals surface area contributed by atoms with Gasteiger partial charge in [-0.05, 0) is 17.7 Å². The molecule has 0 spiro atoms. The van der Waals surface area contributed by atoms with E-state index in [0.717, 1.165) is 0 Å². The van der Waals surface area contributed by atoms with Crippen molar-refractivity contribution in [2.24, 2.45) is 0 Å². The quantitative estimate of drug-likeness (QED) is 0.759. The van der Waals surface area contributed by atoms with Gasteiger partial charge in [0.15, 0.2) is 0 Å². The number of aliphatic hydroxyl groups excluding tert-OH is 1. The summed E-state index contributed by atoms with van der Waals surface area (Å²) in [4.78, 5) is 0. The van der Waals surface area contributed by atoms with Crippen LogP contribution in [-0.2, 0) is 6.61 Å². The van der Waals surface area contributed by atoms with Gasteiger partial charge in [-0.15, -0.1) is 0 Å². The van der Waals surface area contributed by atoms with Gasteiger partial charge in [-0.3, -0.25) is 0 Å². The third-order valence-electron chi connectivity index (χ3n) is 1.40. The molecule has 2 nitrogen and oxygen atoms in total. The molecule has 0 aromatic heterocycles. The Morgan fingerprint density at radius 1 is 1.33 bits per heavy atom. The number of rotatable bonds is 1. The average Bonchev–Trinajstić information content (AvgIpc) is 2.03. The lowest BCUT2D eigenvalue weighted by Crippen LogP contribution is -1.86. The molecule has 0 aliphatic carbocycles. The summed E-state index contributed by atoms with van der Waals surface area (Å²) in [5.41, 5.74) is 0.847. The monoisotopic (exact) mass is 201 g/mol. The van der Waals surface area contributed by atoms with Crippen LogP contribution in [-0.4, -0.2) is 5.11 Å². The van der Waals surface area contributed by atoms with E-state index in [1.165, 1.54) is 12.1 Å². The van der Waals surface area contributed by atoms with E-state index < -0.39 is 0 Å². The van der Waals surface area contributed by atoms with Crippen LogP contribution in [0.1, 0.15) is 11.1 Å². The predicted molar refractivity (Wildman–Crippen MR) is 47.1 cm³/mol. The number of aliphatic hydroxyl groups is 1. The van der Waals surface area contributed by atoms with Crippen molar-refractivity contribution in [1.82, 2.24) is 0 Å². The smallest absolute Gasteiger partial charge is 0.102 e. The van der Waals surface area contributed by atoms with Crippen molar-refractivity contribution >= 4 is 23.2 Å². The molecule has 0 aliphatic heterocycles. The minimum atomic E-state index is -0.134. The number of halogens is 2. The summed E-state index contributed by atoms with van der Waals surface area (Å²) in [6.07, 6.45) is 0. The molecule has 62 valence electrons. The molecule has 1 aromatic rings. The van der Waals surface area contributed by atoms with Gasteiger partial charge in [0, 0.05) is 0 Å². The summed E-state index contributed by atoms with van der Waals surface area (Å²) in [5.74, 6) is 0. The van der Waals surface area contributed by atoms with Crippen LogP contribution < -0.4 is 0 Å². The Labute approximate surface area is 80.0 Å². The number of benzene rings is 1. The van der Waals surface area contributed by atoms with Crippen molar-refractivity contribution < 1.29 is 5.11 Å². The lowest BCUT2D eigenvalue weighted by Gasteiger charge is -2.01. The van der Waals surface area contributed by atoms with Crippen LogP contribution in [0.4, 0.5) is 0 Å². The molecule has 0 radical (unpaired) electrons. The largest absolute Gasteiger partial charge is 0.392 e. The van der Waals surface area contributed by atoms with Crippen molar-refractivity contribution in [3.63, 3.8) is 0 Å². The van der Waals surface area contributed by atoms with E-state index in [4.69, 9.17) is 33.6 Å². The van der Waals surface area contributed by atoms with E-state index in [9.17, 15) is 0 Å². The number of hydrogen-bond acceptors (Lipinski definition) is 2. The summed E-state index contributed by atoms with van der Waals surface area (Å²) in [6, 6.07) is 4.91. The Kier molecular flexibility index (Phi) is 2.93. The first kappa shape index (κ1) is 9.34. The van der Waals surface area contributed by atoms with Crippen molar-refractivity contribution in [1.29, 1.82) is 5.26 Å². The molecular weight excluding hydrogens is 197 g/mol. The van der Waals surface area contributed by atoms with Crippen LogP contribution in [0.2, 0.25) is 10.0 Å². The first-order valence-electron chi connectivity index (χ1n) is 3.18. The standard InChI is InChI=1S/C8H5Cl2NO/c9-7-1-5(4-12)2-8(10)6(7)3-11/h1-2,12H,4H2. The molecule has 0 fully saturated rings. The third-order valence-corrected chi connectivity index (χ3v) is 1.99. The van der Waals surface area contributed by atoms with Crippen LogP contribution in [0.5, 0.6) is 0 Å². The summed E-state index contributed by atoms with van der Waals surface area (Å²) < 4.78 is 0. The fraction of sp³-hybridized carbons (Fsp3) is 0.125. The Morgan fingerprint density at radius 3 is 2.17 bits per heavy atom. The highest BCUT2D eigenvalue weighted by Crippen LogP contribution is 2.25. The van der Waals surface area contributed by atoms with Crippen LogP contribution in [0.15, 0.2) is 12.1 Å². The van der Waals surface area contributed by atoms with Crippen molar-refractivity contribution in [2.45, 2.75) is 6.61 Å². The Morgan fingerprint density at radius 2 is 1.83 bits per heavy atom. The Bertz CT molecular complexity index is 320. The first-order chi connectivity index (χ1) is 5.69. The Hall–Kier alpha value is -0.750. The first-order valence-corrected chi connectivity index (χ1v) is 3.93. The van der Waals surface area contributed by atoms with Gasteiger partial charge < -0.3 is 5.11 Å². The maximum Gasteiger partial charge on any atom is 0.102 e. The molecule has 0 unspecified atom stereocenters. The summed E-state index contributed by atoms with van der Waals surface area (Å²) in [5, 5.41) is 17.9. The van der Waals surface area contributed by atoms with Gasteiger partial charge in [0.2, 0.25) is 0 Å². The molecule has 1 N–H and O–H groups in total. The van der Waals surface area contributed by atoms with E-state index in [1.54, 1.807) is 0 Å². The zero-order valence-corrected chi connectivity index (χ0v) is 7.52. The summed E-state index contributed by atoms with van der Waals surface area (Å²) in [6.45, 7) is -0.134. The van der Waals surface area contributed by atoms with Crippen molar-refractivity contribution in [3.05, 3.63) is 33.3 Å². The second-order valence-corrected chi connectivity index (χ2v) is 3.02. The molecule has 0 atom stereocenters. The van der Waals surface area contributed by atoms with Crippen LogP contribution in [0, 0.1) is 11.3 Å². The zero-order valence-electron chi connectivity index (χ0n) is 6.01. The van der Waals surface area contributed by atoms with E-state index in [-0.39, 0.29) is 22.2 Å². The molecular formula is C8H5Cl2NO. The van der Waals surface area contributed by atoms with Gasteiger partial charge in [-0.1, -0.05) is 23.2 Å². The van der Waals surface area contributed by atoms with Crippen molar-refractivity contribution in [3.8, 4) is 6.07 Å². The zero-order chi connectivity index (χ0) is 9.14. The molecule has 0 saturated heterocycles. The SMILES string of the molecule is N#Cc1c(Cl)cc(CO)cc1Cl. The minimum Gasteiger partial charge on any atom is -0.392 e. The maximum absolute atomic E-state index is 8.75. The lowest BCUT2D eigenvalue weighted by molar-refractivity contribution is 0.282. The second kappa shape index (κ2) is 3.77. The fourth-order valence-corrected chi connectivity index (χ4v) is 1.44. The highest BCUT2D eigenvalue weighted by atomic mass is 35.5. The second-order valence-electron chi connectivity index (χ2n) is 2.20. The molecule has 0 heterocycles. The topological polar surface area (TPSA) is 44.0 Å². The normalized spacial score (nSPS) is 9.50. The van der Waals surface area contributed by atoms with Gasteiger partial charge in [-0.25, -0.2) is 0 Å². The molecule has 1 rings (SSSR count). The van der Waals surface area contributed by atoms with Gasteiger partial charge >= 0.3 is 0 Å². The fourth-order valence-electron chi connectivity index (χ4n) is 0.824. The van der Waals surface area contributed by atoms with Gasteiger partial charge in [-0.2, -0.15) is 5.26 Å². The van der Waals surface area contributed by atoms with Crippen molar-refractivity contribution in [2.75, 3.05) is 0 Å². The van der Waals surface area contributed by atoms with Crippen LogP contribution in [0.3, 0.4) is 0 Å². The van der Waals surface area contributed by atoms with Gasteiger partial charge in [0.25, 0.3) is 0 Å².